The Hall–Kier alpha value is -1.91. The molecule has 5 heteroatoms. The number of aromatic nitrogens is 1. The number of nitrogens with two attached hydrogens (primary N) is 1. The summed E-state index contributed by atoms with van der Waals surface area (Å²) in [6.45, 7) is 5.51. The smallest absolute Gasteiger partial charge is 0.152 e. The molecule has 4 N–H and O–H groups in total. The van der Waals surface area contributed by atoms with Gasteiger partial charge in [-0.05, 0) is 32.9 Å². The molecule has 0 aliphatic heterocycles. The molecule has 16 heavy (non-hydrogen) atoms. The van der Waals surface area contributed by atoms with Crippen LogP contribution in [-0.2, 0) is 0 Å². The molecular weight excluding hydrogens is 202 g/mol. The van der Waals surface area contributed by atoms with Crippen molar-refractivity contribution in [3.8, 4) is 0 Å². The number of nitrogens with zero attached hydrogens (tertiary/aromatic N) is 2. The van der Waals surface area contributed by atoms with Gasteiger partial charge in [0.2, 0.25) is 0 Å². The zero-order valence-electron chi connectivity index (χ0n) is 9.78. The Morgan fingerprint density at radius 2 is 2.00 bits per heavy atom. The fraction of sp³-hybridized carbons (Fsp3) is 0.364. The third kappa shape index (κ3) is 2.56. The molecule has 0 unspecified atom stereocenters. The maximum Gasteiger partial charge on any atom is 0.152 e. The van der Waals surface area contributed by atoms with Crippen LogP contribution in [0, 0.1) is 10.8 Å². The van der Waals surface area contributed by atoms with Gasteiger partial charge in [-0.2, -0.15) is 0 Å². The van der Waals surface area contributed by atoms with E-state index in [9.17, 15) is 0 Å². The van der Waals surface area contributed by atoms with Gasteiger partial charge in [-0.1, -0.05) is 6.07 Å². The summed E-state index contributed by atoms with van der Waals surface area (Å²) in [5, 5.41) is 15.7. The summed E-state index contributed by atoms with van der Waals surface area (Å²) < 4.78 is 0. The molecule has 0 saturated heterocycles. The molecule has 1 heterocycles. The van der Waals surface area contributed by atoms with Crippen molar-refractivity contribution in [2.24, 2.45) is 0 Å². The molecule has 1 rings (SSSR count). The van der Waals surface area contributed by atoms with Crippen molar-refractivity contribution in [3.63, 3.8) is 0 Å². The Morgan fingerprint density at radius 1 is 1.38 bits per heavy atom. The maximum absolute atomic E-state index is 8.01. The number of nitrogen functional groups attached to an aromatic ring is 1. The normalized spacial score (nSPS) is 10.2. The van der Waals surface area contributed by atoms with Gasteiger partial charge in [0.1, 0.15) is 11.5 Å². The first kappa shape index (κ1) is 12.2. The topological polar surface area (TPSA) is 89.9 Å². The molecule has 0 amide bonds. The minimum absolute atomic E-state index is 0.0493. The lowest BCUT2D eigenvalue weighted by Gasteiger charge is -2.27. The number of nitrogens with one attached hydrogen (secondary N) is 2. The lowest BCUT2D eigenvalue weighted by Crippen LogP contribution is -2.40. The lowest BCUT2D eigenvalue weighted by molar-refractivity contribution is 0.492. The molecule has 0 aromatic carbocycles. The Kier molecular flexibility index (Phi) is 3.60. The quantitative estimate of drug-likeness (QED) is 0.522. The van der Waals surface area contributed by atoms with E-state index < -0.39 is 0 Å². The van der Waals surface area contributed by atoms with Crippen molar-refractivity contribution in [2.75, 3.05) is 5.73 Å². The highest BCUT2D eigenvalue weighted by Gasteiger charge is 2.18. The van der Waals surface area contributed by atoms with Gasteiger partial charge < -0.3 is 10.6 Å². The van der Waals surface area contributed by atoms with Crippen LogP contribution in [-0.4, -0.2) is 27.6 Å². The summed E-state index contributed by atoms with van der Waals surface area (Å²) in [4.78, 5) is 5.67. The predicted molar refractivity (Wildman–Crippen MR) is 65.9 cm³/mol. The molecule has 0 bridgehead atoms. The van der Waals surface area contributed by atoms with Crippen molar-refractivity contribution in [1.82, 2.24) is 9.88 Å². The van der Waals surface area contributed by atoms with Crippen LogP contribution in [0.15, 0.2) is 18.2 Å². The van der Waals surface area contributed by atoms with Gasteiger partial charge in [0.15, 0.2) is 5.84 Å². The molecule has 86 valence electrons. The van der Waals surface area contributed by atoms with Gasteiger partial charge in [0, 0.05) is 6.04 Å². The molecule has 0 spiro atoms. The largest absolute Gasteiger partial charge is 0.384 e. The second kappa shape index (κ2) is 4.74. The fourth-order valence-corrected chi connectivity index (χ4v) is 1.52. The minimum Gasteiger partial charge on any atom is -0.384 e. The second-order valence-electron chi connectivity index (χ2n) is 3.85. The van der Waals surface area contributed by atoms with Gasteiger partial charge in [-0.3, -0.25) is 10.8 Å². The highest BCUT2D eigenvalue weighted by atomic mass is 15.2. The van der Waals surface area contributed by atoms with E-state index in [0.29, 0.717) is 17.3 Å². The van der Waals surface area contributed by atoms with Crippen LogP contribution in [0.2, 0.25) is 0 Å². The lowest BCUT2D eigenvalue weighted by atomic mass is 10.2. The van der Waals surface area contributed by atoms with Crippen LogP contribution in [0.4, 0.5) is 5.82 Å². The highest BCUT2D eigenvalue weighted by molar-refractivity contribution is 6.05. The van der Waals surface area contributed by atoms with Crippen LogP contribution in [0.5, 0.6) is 0 Å². The van der Waals surface area contributed by atoms with E-state index in [1.165, 1.54) is 0 Å². The number of anilines is 1. The van der Waals surface area contributed by atoms with Crippen molar-refractivity contribution in [1.29, 1.82) is 10.8 Å². The van der Waals surface area contributed by atoms with Gasteiger partial charge in [0.05, 0.1) is 5.84 Å². The van der Waals surface area contributed by atoms with E-state index in [0.717, 1.165) is 0 Å². The minimum atomic E-state index is 0.0493. The van der Waals surface area contributed by atoms with E-state index in [-0.39, 0.29) is 11.9 Å². The zero-order valence-corrected chi connectivity index (χ0v) is 9.78. The Balaban J connectivity index is 3.04. The molecule has 1 aromatic rings. The number of amidine groups is 2. The highest BCUT2D eigenvalue weighted by Crippen LogP contribution is 2.08. The summed E-state index contributed by atoms with van der Waals surface area (Å²) in [5.41, 5.74) is 6.06. The van der Waals surface area contributed by atoms with Crippen LogP contribution < -0.4 is 5.73 Å². The zero-order chi connectivity index (χ0) is 12.3. The fourth-order valence-electron chi connectivity index (χ4n) is 1.52. The van der Waals surface area contributed by atoms with Gasteiger partial charge in [-0.15, -0.1) is 0 Å². The molecule has 0 aliphatic rings. The molecular formula is C11H17N5. The van der Waals surface area contributed by atoms with Crippen molar-refractivity contribution < 1.29 is 0 Å². The SMILES string of the molecule is CC(=N)N(C(=N)c1cccc(N)n1)C(C)C. The molecule has 0 saturated carbocycles. The Labute approximate surface area is 95.3 Å². The Bertz CT molecular complexity index is 411. The van der Waals surface area contributed by atoms with Gasteiger partial charge >= 0.3 is 0 Å². The predicted octanol–water partition coefficient (Wildman–Crippen LogP) is 1.70. The number of rotatable bonds is 2. The van der Waals surface area contributed by atoms with E-state index in [1.54, 1.807) is 30.0 Å². The molecule has 0 radical (unpaired) electrons. The number of pyridine rings is 1. The monoisotopic (exact) mass is 219 g/mol. The number of hydrogen-bond acceptors (Lipinski definition) is 4. The number of hydrogen-bond donors (Lipinski definition) is 3. The molecule has 1 aromatic heterocycles. The van der Waals surface area contributed by atoms with Crippen LogP contribution >= 0.6 is 0 Å². The van der Waals surface area contributed by atoms with Crippen LogP contribution in [0.25, 0.3) is 0 Å². The maximum atomic E-state index is 8.01. The summed E-state index contributed by atoms with van der Waals surface area (Å²) in [6.07, 6.45) is 0. The summed E-state index contributed by atoms with van der Waals surface area (Å²) in [6, 6.07) is 5.20. The van der Waals surface area contributed by atoms with Gasteiger partial charge in [0.25, 0.3) is 0 Å². The first-order valence-electron chi connectivity index (χ1n) is 5.09. The summed E-state index contributed by atoms with van der Waals surface area (Å²) >= 11 is 0. The summed E-state index contributed by atoms with van der Waals surface area (Å²) in [5.74, 6) is 0.910. The van der Waals surface area contributed by atoms with Crippen molar-refractivity contribution >= 4 is 17.5 Å². The van der Waals surface area contributed by atoms with Gasteiger partial charge in [-0.25, -0.2) is 4.98 Å². The van der Waals surface area contributed by atoms with E-state index in [4.69, 9.17) is 16.6 Å². The van der Waals surface area contributed by atoms with Crippen LogP contribution in [0.3, 0.4) is 0 Å². The second-order valence-corrected chi connectivity index (χ2v) is 3.85. The first-order chi connectivity index (χ1) is 7.43. The molecule has 5 nitrogen and oxygen atoms in total. The van der Waals surface area contributed by atoms with Crippen molar-refractivity contribution in [2.45, 2.75) is 26.8 Å². The summed E-state index contributed by atoms with van der Waals surface area (Å²) in [7, 11) is 0. The molecule has 0 atom stereocenters. The van der Waals surface area contributed by atoms with E-state index >= 15 is 0 Å². The average molecular weight is 219 g/mol. The van der Waals surface area contributed by atoms with E-state index in [1.807, 2.05) is 13.8 Å². The third-order valence-electron chi connectivity index (χ3n) is 2.13. The van der Waals surface area contributed by atoms with E-state index in [2.05, 4.69) is 4.98 Å². The molecule has 0 aliphatic carbocycles. The first-order valence-corrected chi connectivity index (χ1v) is 5.09. The average Bonchev–Trinajstić information content (AvgIpc) is 2.16. The third-order valence-corrected chi connectivity index (χ3v) is 2.13. The van der Waals surface area contributed by atoms with Crippen molar-refractivity contribution in [3.05, 3.63) is 23.9 Å². The standard InChI is InChI=1S/C11H17N5/c1-7(2)16(8(3)12)11(14)9-5-4-6-10(13)15-9/h4-7,12,14H,1-3H3,(H2,13,15). The van der Waals surface area contributed by atoms with Crippen LogP contribution in [0.1, 0.15) is 26.5 Å². The Morgan fingerprint density at radius 3 is 2.44 bits per heavy atom. The molecule has 0 fully saturated rings.